The molecule has 18 heteroatoms. The van der Waals surface area contributed by atoms with Crippen molar-refractivity contribution in [3.63, 3.8) is 0 Å². The van der Waals surface area contributed by atoms with Crippen LogP contribution in [-0.2, 0) is 0 Å². The first-order chi connectivity index (χ1) is 66.9. The van der Waals surface area contributed by atoms with E-state index in [1.54, 1.807) is 0 Å². The van der Waals surface area contributed by atoms with Gasteiger partial charge in [-0.15, -0.1) is 0 Å². The summed E-state index contributed by atoms with van der Waals surface area (Å²) in [5.41, 5.74) is 22.0. The van der Waals surface area contributed by atoms with Gasteiger partial charge in [0, 0.05) is 136 Å². The molecule has 0 unspecified atom stereocenters. The Morgan fingerprint density at radius 3 is 0.659 bits per heavy atom. The third-order valence-corrected chi connectivity index (χ3v) is 25.7. The Balaban J connectivity index is 0.000000101. The van der Waals surface area contributed by atoms with Gasteiger partial charge in [-0.2, -0.15) is 0 Å². The maximum Gasteiger partial charge on any atom is 0.167 e. The Morgan fingerprint density at radius 1 is 0.119 bits per heavy atom. The van der Waals surface area contributed by atoms with Gasteiger partial charge in [-0.1, -0.05) is 255 Å². The Morgan fingerprint density at radius 2 is 0.319 bits per heavy atom. The number of para-hydroxylation sites is 11. The van der Waals surface area contributed by atoms with E-state index >= 15 is 0 Å². The molecule has 0 fully saturated rings. The highest BCUT2D eigenvalue weighted by Crippen LogP contribution is 2.47. The lowest BCUT2D eigenvalue weighted by molar-refractivity contribution is 0.668. The summed E-state index contributed by atoms with van der Waals surface area (Å²) >= 11 is 0. The van der Waals surface area contributed by atoms with E-state index in [2.05, 4.69) is 97.1 Å². The third kappa shape index (κ3) is 12.2. The van der Waals surface area contributed by atoms with Crippen LogP contribution in [0.2, 0.25) is 0 Å². The number of nitrogens with zero attached hydrogens (tertiary/aromatic N) is 9. The molecule has 0 aliphatic heterocycles. The molecule has 18 aromatic carbocycles. The SMILES string of the molecule is c1ccc2c(c1)oc1c(-c3nc(-c4cccc5oc6ccccc6c45)nc(-c4cccc5oc6ccccc6c45)n3)cccc12.c1ccc2c(c1)oc1cc(-c3nc(-c4ccc5oc6ccccc6c5c4)nc(-c4cccc5c4oc4ccccc45)n3)ccc12.c1ccc2c(c1)oc1cccc(-c3nc(-c4cccc5oc6ccccc6c45)nc(-c4cccc5oc6ccccc6c45)n3)c12. The van der Waals surface area contributed by atoms with Gasteiger partial charge in [-0.3, -0.25) is 0 Å². The molecule has 0 atom stereocenters. The van der Waals surface area contributed by atoms with Crippen molar-refractivity contribution in [2.75, 3.05) is 0 Å². The van der Waals surface area contributed by atoms with E-state index in [0.717, 1.165) is 248 Å². The Labute approximate surface area is 761 Å². The first-order valence-electron chi connectivity index (χ1n) is 44.3. The quantitative estimate of drug-likeness (QED) is 0.131. The van der Waals surface area contributed by atoms with Gasteiger partial charge in [0.1, 0.15) is 100 Å². The van der Waals surface area contributed by atoms with Crippen molar-refractivity contribution in [2.45, 2.75) is 0 Å². The monoisotopic (exact) mass is 1740 g/mol. The van der Waals surface area contributed by atoms with Gasteiger partial charge >= 0.3 is 0 Å². The van der Waals surface area contributed by atoms with Crippen molar-refractivity contribution < 1.29 is 39.8 Å². The van der Waals surface area contributed by atoms with Gasteiger partial charge in [0.2, 0.25) is 0 Å². The summed E-state index contributed by atoms with van der Waals surface area (Å²) in [5.74, 6) is 4.92. The minimum absolute atomic E-state index is 0.522. The van der Waals surface area contributed by atoms with Gasteiger partial charge in [0.15, 0.2) is 52.4 Å². The Kier molecular flexibility index (Phi) is 16.6. The van der Waals surface area contributed by atoms with E-state index in [-0.39, 0.29) is 0 Å². The van der Waals surface area contributed by atoms with Crippen LogP contribution < -0.4 is 0 Å². The summed E-state index contributed by atoms with van der Waals surface area (Å²) in [7, 11) is 0. The summed E-state index contributed by atoms with van der Waals surface area (Å²) < 4.78 is 56.3. The summed E-state index contributed by atoms with van der Waals surface area (Å²) in [6, 6.07) is 127. The highest BCUT2D eigenvalue weighted by Gasteiger charge is 2.28. The molecule has 630 valence electrons. The molecule has 0 saturated heterocycles. The van der Waals surface area contributed by atoms with Crippen molar-refractivity contribution in [3.05, 3.63) is 382 Å². The third-order valence-electron chi connectivity index (χ3n) is 25.7. The molecule has 0 radical (unpaired) electrons. The number of hydrogen-bond donors (Lipinski definition) is 0. The molecule has 0 aliphatic carbocycles. The predicted octanol–water partition coefficient (Wildman–Crippen LogP) is 31.7. The fourth-order valence-corrected chi connectivity index (χ4v) is 19.6. The molecule has 30 aromatic rings. The van der Waals surface area contributed by atoms with E-state index in [1.165, 1.54) is 0 Å². The van der Waals surface area contributed by atoms with Crippen LogP contribution in [0.25, 0.3) is 300 Å². The van der Waals surface area contributed by atoms with E-state index in [4.69, 9.17) is 84.6 Å². The maximum absolute atomic E-state index is 6.43. The Hall–Kier alpha value is -18.8. The van der Waals surface area contributed by atoms with Crippen LogP contribution in [0.1, 0.15) is 0 Å². The maximum atomic E-state index is 6.43. The fourth-order valence-electron chi connectivity index (χ4n) is 19.6. The molecular weight excluding hydrogens is 1680 g/mol. The lowest BCUT2D eigenvalue weighted by Crippen LogP contribution is -2.01. The lowest BCUT2D eigenvalue weighted by Gasteiger charge is -2.10. The molecule has 135 heavy (non-hydrogen) atoms. The average molecular weight is 1740 g/mol. The molecule has 0 saturated carbocycles. The molecule has 0 N–H and O–H groups in total. The normalized spacial score (nSPS) is 12.0. The number of furan rings is 9. The van der Waals surface area contributed by atoms with Gasteiger partial charge in [0.05, 0.1) is 11.1 Å². The second kappa shape index (κ2) is 29.9. The number of fused-ring (bicyclic) bond motifs is 27. The fraction of sp³-hybridized carbons (Fsp3) is 0. The van der Waals surface area contributed by atoms with Gasteiger partial charge < -0.3 is 39.8 Å². The molecule has 12 aromatic heterocycles. The molecule has 30 rings (SSSR count). The Bertz CT molecular complexity index is 9730. The van der Waals surface area contributed by atoms with Crippen LogP contribution in [0, 0.1) is 0 Å². The number of aromatic nitrogens is 9. The molecule has 12 heterocycles. The summed E-state index contributed by atoms with van der Waals surface area (Å²) in [4.78, 5) is 46.1. The van der Waals surface area contributed by atoms with Crippen LogP contribution in [0.15, 0.2) is 422 Å². The first-order valence-corrected chi connectivity index (χ1v) is 44.3. The van der Waals surface area contributed by atoms with Crippen molar-refractivity contribution >= 4 is 197 Å². The number of hydrogen-bond acceptors (Lipinski definition) is 18. The van der Waals surface area contributed by atoms with Crippen LogP contribution in [0.4, 0.5) is 0 Å². The van der Waals surface area contributed by atoms with Crippen molar-refractivity contribution in [3.8, 4) is 102 Å². The minimum Gasteiger partial charge on any atom is -0.456 e. The van der Waals surface area contributed by atoms with Gasteiger partial charge in [-0.05, 0) is 127 Å². The highest BCUT2D eigenvalue weighted by atomic mass is 16.4. The van der Waals surface area contributed by atoms with Crippen molar-refractivity contribution in [1.29, 1.82) is 0 Å². The van der Waals surface area contributed by atoms with Crippen LogP contribution in [0.3, 0.4) is 0 Å². The topological polar surface area (TPSA) is 234 Å². The van der Waals surface area contributed by atoms with E-state index in [0.29, 0.717) is 52.4 Å². The lowest BCUT2D eigenvalue weighted by atomic mass is 10.0. The zero-order chi connectivity index (χ0) is 88.5. The number of benzene rings is 18. The summed E-state index contributed by atoms with van der Waals surface area (Å²) in [6.45, 7) is 0. The smallest absolute Gasteiger partial charge is 0.167 e. The minimum atomic E-state index is 0.522. The molecular formula is C117H63N9O9. The largest absolute Gasteiger partial charge is 0.456 e. The van der Waals surface area contributed by atoms with Crippen LogP contribution in [-0.4, -0.2) is 44.9 Å². The standard InChI is InChI=1S/3C39H21N3O3/c1-4-13-31-24(8-1)27-18-16-23(21-35(27)44-31)38-40-37(22-17-19-34-30(20-22)26-10-3-5-14-32(26)43-34)41-39(42-38)29-12-7-11-28-25-9-2-6-15-33(25)45-36(28)29;1-4-17-29-22(10-1)23-13-7-16-28(36(23)45-29)39-41-37(26-14-8-20-32-34(26)24-11-2-5-18-30(24)43-32)40-38(42-39)27-15-9-21-33-35(27)25-12-3-6-19-31(25)44-33;1-4-16-28-22(10-1)34-25(13-7-19-31(34)43-28)37-40-38(26-14-8-20-32-35(26)23-11-2-5-17-29(23)44-32)42-39(41-37)27-15-9-21-33-36(27)24-12-3-6-18-30(24)45-33/h3*1-21H. The predicted molar refractivity (Wildman–Crippen MR) is 534 cm³/mol. The van der Waals surface area contributed by atoms with Crippen LogP contribution in [0.5, 0.6) is 0 Å². The van der Waals surface area contributed by atoms with Gasteiger partial charge in [0.25, 0.3) is 0 Å². The molecule has 0 spiro atoms. The van der Waals surface area contributed by atoms with Gasteiger partial charge in [-0.25, -0.2) is 44.9 Å². The zero-order valence-electron chi connectivity index (χ0n) is 71.1. The first kappa shape index (κ1) is 75.2. The number of rotatable bonds is 9. The second-order valence-corrected chi connectivity index (χ2v) is 33.5. The molecule has 0 amide bonds. The zero-order valence-corrected chi connectivity index (χ0v) is 71.1. The summed E-state index contributed by atoms with van der Waals surface area (Å²) in [6.07, 6.45) is 0. The van der Waals surface area contributed by atoms with E-state index < -0.39 is 0 Å². The van der Waals surface area contributed by atoms with Crippen LogP contribution >= 0.6 is 0 Å². The average Bonchev–Trinajstić information content (AvgIpc) is 1.64. The van der Waals surface area contributed by atoms with Crippen molar-refractivity contribution in [1.82, 2.24) is 44.9 Å². The second-order valence-electron chi connectivity index (χ2n) is 33.5. The molecule has 18 nitrogen and oxygen atoms in total. The highest BCUT2D eigenvalue weighted by molar-refractivity contribution is 6.19. The molecule has 0 aliphatic rings. The van der Waals surface area contributed by atoms with E-state index in [1.807, 2.05) is 285 Å². The van der Waals surface area contributed by atoms with Crippen molar-refractivity contribution in [2.24, 2.45) is 0 Å². The summed E-state index contributed by atoms with van der Waals surface area (Å²) in [5, 5.41) is 18.2. The van der Waals surface area contributed by atoms with E-state index in [9.17, 15) is 0 Å². The molecule has 0 bridgehead atoms.